The summed E-state index contributed by atoms with van der Waals surface area (Å²) in [6, 6.07) is 8.94. The number of anilines is 1. The molecule has 0 aromatic heterocycles. The number of aromatic nitrogens is 2. The number of hydrogen-bond acceptors (Lipinski definition) is 7. The number of para-hydroxylation sites is 1. The van der Waals surface area contributed by atoms with Gasteiger partial charge in [-0.05, 0) is 19.1 Å². The molecular weight excluding hydrogens is 393 g/mol. The van der Waals surface area contributed by atoms with E-state index in [9.17, 15) is 14.4 Å². The van der Waals surface area contributed by atoms with Crippen molar-refractivity contribution in [3.05, 3.63) is 61.6 Å². The third-order valence-corrected chi connectivity index (χ3v) is 4.24. The second kappa shape index (κ2) is 7.73. The summed E-state index contributed by atoms with van der Waals surface area (Å²) < 4.78 is 0. The number of carbonyl (C=O) groups is 2. The molecule has 10 heteroatoms. The van der Waals surface area contributed by atoms with Crippen molar-refractivity contribution < 1.29 is 9.59 Å². The van der Waals surface area contributed by atoms with Crippen LogP contribution in [0, 0.1) is 0 Å². The first-order valence-electron chi connectivity index (χ1n) is 7.65. The second-order valence-corrected chi connectivity index (χ2v) is 6.26. The van der Waals surface area contributed by atoms with Crippen LogP contribution in [0.3, 0.4) is 0 Å². The molecule has 0 unspecified atom stereocenters. The summed E-state index contributed by atoms with van der Waals surface area (Å²) in [6.45, 7) is 1.26. The minimum absolute atomic E-state index is 0.00909. The minimum Gasteiger partial charge on any atom is -0.299 e. The maximum Gasteiger partial charge on any atom is 0.368 e. The highest BCUT2D eigenvalue weighted by molar-refractivity contribution is 6.43. The number of ketones is 1. The average Bonchev–Trinajstić information content (AvgIpc) is 3.01. The summed E-state index contributed by atoms with van der Waals surface area (Å²) in [7, 11) is 0. The second-order valence-electron chi connectivity index (χ2n) is 5.50. The Labute approximate surface area is 162 Å². The van der Waals surface area contributed by atoms with Crippen LogP contribution in [0.5, 0.6) is 0 Å². The van der Waals surface area contributed by atoms with E-state index in [4.69, 9.17) is 23.2 Å². The van der Waals surface area contributed by atoms with Gasteiger partial charge in [-0.25, -0.2) is 9.79 Å². The van der Waals surface area contributed by atoms with E-state index in [-0.39, 0.29) is 37.9 Å². The highest BCUT2D eigenvalue weighted by atomic mass is 35.5. The van der Waals surface area contributed by atoms with E-state index >= 15 is 0 Å². The lowest BCUT2D eigenvalue weighted by atomic mass is 10.2. The highest BCUT2D eigenvalue weighted by Gasteiger charge is 2.22. The molecule has 1 N–H and O–H groups in total. The number of rotatable bonds is 4. The molecule has 0 saturated carbocycles. The predicted molar refractivity (Wildman–Crippen MR) is 98.8 cm³/mol. The van der Waals surface area contributed by atoms with Gasteiger partial charge in [-0.2, -0.15) is 15.1 Å². The first-order chi connectivity index (χ1) is 12.9. The van der Waals surface area contributed by atoms with E-state index in [1.807, 2.05) is 6.07 Å². The number of carbonyl (C=O) groups excluding carboxylic acids is 2. The fraction of sp³-hybridized carbons (Fsp3) is 0.118. The van der Waals surface area contributed by atoms with Gasteiger partial charge in [-0.3, -0.25) is 15.0 Å². The van der Waals surface area contributed by atoms with Crippen LogP contribution in [0.2, 0.25) is 10.0 Å². The maximum absolute atomic E-state index is 12.0. The van der Waals surface area contributed by atoms with Crippen molar-refractivity contribution in [2.75, 3.05) is 5.43 Å². The van der Waals surface area contributed by atoms with Gasteiger partial charge in [0, 0.05) is 0 Å². The third-order valence-electron chi connectivity index (χ3n) is 3.40. The lowest BCUT2D eigenvalue weighted by Gasteiger charge is -2.05. The average molecular weight is 404 g/mol. The lowest BCUT2D eigenvalue weighted by Crippen LogP contribution is -2.32. The van der Waals surface area contributed by atoms with Gasteiger partial charge < -0.3 is 0 Å². The van der Waals surface area contributed by atoms with Crippen molar-refractivity contribution in [3.63, 3.8) is 0 Å². The van der Waals surface area contributed by atoms with Crippen molar-refractivity contribution >= 4 is 40.6 Å². The zero-order chi connectivity index (χ0) is 19.6. The number of hydrogen-bond donors (Lipinski definition) is 1. The molecule has 0 bridgehead atoms. The molecule has 1 aromatic carbocycles. The Morgan fingerprint density at radius 2 is 1.70 bits per heavy atom. The van der Waals surface area contributed by atoms with Gasteiger partial charge in [0.2, 0.25) is 0 Å². The molecule has 3 rings (SSSR count). The number of imidazole rings is 1. The number of Topliss-reactive ketones (excluding diaryl/α,β-unsaturated/α-hetero) is 1. The fourth-order valence-corrected chi connectivity index (χ4v) is 2.73. The molecule has 1 heterocycles. The van der Waals surface area contributed by atoms with E-state index in [0.717, 1.165) is 0 Å². The molecule has 0 atom stereocenters. The van der Waals surface area contributed by atoms with E-state index in [0.29, 0.717) is 5.69 Å². The van der Waals surface area contributed by atoms with Gasteiger partial charge in [0.05, 0.1) is 22.2 Å². The monoisotopic (exact) mass is 403 g/mol. The van der Waals surface area contributed by atoms with Gasteiger partial charge in [-0.1, -0.05) is 41.4 Å². The van der Waals surface area contributed by atoms with Gasteiger partial charge in [0.15, 0.2) is 0 Å². The number of halogens is 2. The van der Waals surface area contributed by atoms with Crippen LogP contribution < -0.4 is 21.8 Å². The van der Waals surface area contributed by atoms with Gasteiger partial charge in [0.25, 0.3) is 5.91 Å². The topological polar surface area (TPSA) is 114 Å². The standard InChI is InChI=1S/C17H11Cl2N5O3/c1-8(25)7-10(26)20-16-14(24-23-9-5-3-2-4-6-9)12(19)11(18)13-15(16)22-17(27)21-13/h2-6,23H,7H2,1H3. The number of nitrogens with one attached hydrogen (secondary N) is 1. The summed E-state index contributed by atoms with van der Waals surface area (Å²) in [5.41, 5.74) is 2.61. The summed E-state index contributed by atoms with van der Waals surface area (Å²) in [6.07, 6.45) is -0.411. The predicted octanol–water partition coefficient (Wildman–Crippen LogP) is 1.46. The van der Waals surface area contributed by atoms with E-state index in [1.54, 1.807) is 24.3 Å². The lowest BCUT2D eigenvalue weighted by molar-refractivity contribution is -0.125. The van der Waals surface area contributed by atoms with Gasteiger partial charge in [0.1, 0.15) is 27.9 Å². The molecule has 27 heavy (non-hydrogen) atoms. The molecule has 8 nitrogen and oxygen atoms in total. The Kier molecular flexibility index (Phi) is 5.38. The molecule has 1 aliphatic heterocycles. The van der Waals surface area contributed by atoms with Crippen LogP contribution in [0.25, 0.3) is 11.4 Å². The van der Waals surface area contributed by atoms with Crippen molar-refractivity contribution in [1.29, 1.82) is 0 Å². The van der Waals surface area contributed by atoms with Crippen LogP contribution in [0.1, 0.15) is 13.3 Å². The molecule has 1 aliphatic carbocycles. The summed E-state index contributed by atoms with van der Waals surface area (Å²) in [5.74, 6) is -1.09. The Morgan fingerprint density at radius 3 is 2.37 bits per heavy atom. The van der Waals surface area contributed by atoms with Gasteiger partial charge >= 0.3 is 5.69 Å². The van der Waals surface area contributed by atoms with Crippen LogP contribution in [-0.4, -0.2) is 21.7 Å². The molecule has 2 aliphatic rings. The zero-order valence-electron chi connectivity index (χ0n) is 13.9. The quantitative estimate of drug-likeness (QED) is 0.520. The van der Waals surface area contributed by atoms with Crippen LogP contribution in [-0.2, 0) is 9.59 Å². The number of nitrogens with zero attached hydrogens (tertiary/aromatic N) is 4. The first kappa shape index (κ1) is 18.8. The number of benzene rings is 2. The highest BCUT2D eigenvalue weighted by Crippen LogP contribution is 2.27. The van der Waals surface area contributed by atoms with Crippen molar-refractivity contribution in [3.8, 4) is 11.4 Å². The number of amides is 1. The zero-order valence-corrected chi connectivity index (χ0v) is 15.4. The molecule has 0 saturated heterocycles. The molecular formula is C17H11Cl2N5O3. The Balaban J connectivity index is 2.28. The third kappa shape index (κ3) is 4.07. The van der Waals surface area contributed by atoms with E-state index in [2.05, 4.69) is 25.5 Å². The fourth-order valence-electron chi connectivity index (χ4n) is 2.28. The molecule has 0 spiro atoms. The summed E-state index contributed by atoms with van der Waals surface area (Å²) >= 11 is 12.4. The minimum atomic E-state index is -0.799. The van der Waals surface area contributed by atoms with Gasteiger partial charge in [-0.15, -0.1) is 0 Å². The first-order valence-corrected chi connectivity index (χ1v) is 8.40. The Morgan fingerprint density at radius 1 is 1.04 bits per heavy atom. The largest absolute Gasteiger partial charge is 0.368 e. The van der Waals surface area contributed by atoms with Crippen LogP contribution in [0.15, 0.2) is 45.2 Å². The van der Waals surface area contributed by atoms with Crippen LogP contribution >= 0.6 is 23.2 Å². The normalized spacial score (nSPS) is 12.6. The maximum atomic E-state index is 12.0. The van der Waals surface area contributed by atoms with E-state index in [1.165, 1.54) is 6.92 Å². The summed E-state index contributed by atoms with van der Waals surface area (Å²) in [5, 5.41) is 4.00. The summed E-state index contributed by atoms with van der Waals surface area (Å²) in [4.78, 5) is 46.1. The molecule has 0 fully saturated rings. The van der Waals surface area contributed by atoms with Crippen LogP contribution in [0.4, 0.5) is 5.69 Å². The SMILES string of the molecule is CC(=O)CC(=O)N=c1c2nc(=O)nc-2c(Cl)c(Cl)c1=NNc1ccccc1. The number of fused-ring (bicyclic) bond motifs is 1. The molecule has 0 radical (unpaired) electrons. The van der Waals surface area contributed by atoms with Crippen molar-refractivity contribution in [1.82, 2.24) is 9.97 Å². The Hall–Kier alpha value is -2.97. The molecule has 136 valence electrons. The Bertz CT molecular complexity index is 1170. The van der Waals surface area contributed by atoms with Crippen molar-refractivity contribution in [2.45, 2.75) is 13.3 Å². The molecule has 1 amide bonds. The smallest absolute Gasteiger partial charge is 0.299 e. The van der Waals surface area contributed by atoms with E-state index < -0.39 is 18.0 Å². The molecule has 1 aromatic rings. The van der Waals surface area contributed by atoms with Crippen molar-refractivity contribution in [2.24, 2.45) is 10.1 Å².